The smallest absolute Gasteiger partial charge is 0.356 e. The van der Waals surface area contributed by atoms with E-state index in [-0.39, 0.29) is 11.9 Å². The molecular weight excluding hydrogens is 415 g/mol. The largest absolute Gasteiger partial charge is 0.417 e. The van der Waals surface area contributed by atoms with Crippen LogP contribution in [-0.2, 0) is 13.2 Å². The summed E-state index contributed by atoms with van der Waals surface area (Å²) in [5.74, 6) is 0.306. The highest BCUT2D eigenvalue weighted by Crippen LogP contribution is 2.34. The van der Waals surface area contributed by atoms with E-state index < -0.39 is 11.7 Å². The van der Waals surface area contributed by atoms with Crippen LogP contribution in [0.2, 0.25) is 0 Å². The minimum atomic E-state index is -4.42. The predicted molar refractivity (Wildman–Crippen MR) is 92.8 cm³/mol. The lowest BCUT2D eigenvalue weighted by molar-refractivity contribution is -0.137. The molecule has 1 N–H and O–H groups in total. The quantitative estimate of drug-likeness (QED) is 0.811. The second kappa shape index (κ2) is 7.26. The van der Waals surface area contributed by atoms with Gasteiger partial charge in [-0.25, -0.2) is 4.98 Å². The van der Waals surface area contributed by atoms with Gasteiger partial charge in [0, 0.05) is 38.6 Å². The fraction of sp³-hybridized carbons (Fsp3) is 0.438. The molecule has 1 saturated heterocycles. The molecule has 0 aliphatic carbocycles. The molecule has 0 aromatic carbocycles. The van der Waals surface area contributed by atoms with Crippen molar-refractivity contribution in [2.24, 2.45) is 7.05 Å². The number of aromatic nitrogens is 3. The lowest BCUT2D eigenvalue weighted by Gasteiger charge is -2.33. The van der Waals surface area contributed by atoms with E-state index in [2.05, 4.69) is 31.3 Å². The Morgan fingerprint density at radius 1 is 1.31 bits per heavy atom. The molecule has 1 aliphatic heterocycles. The van der Waals surface area contributed by atoms with Crippen LogP contribution in [0, 0.1) is 0 Å². The first kappa shape index (κ1) is 18.7. The van der Waals surface area contributed by atoms with E-state index in [9.17, 15) is 18.0 Å². The Bertz CT molecular complexity index is 799. The molecule has 6 nitrogen and oxygen atoms in total. The second-order valence-corrected chi connectivity index (χ2v) is 7.02. The summed E-state index contributed by atoms with van der Waals surface area (Å²) in [5, 5.41) is 6.93. The zero-order valence-corrected chi connectivity index (χ0v) is 15.5. The van der Waals surface area contributed by atoms with E-state index in [0.717, 1.165) is 12.3 Å². The maximum Gasteiger partial charge on any atom is 0.417 e. The molecule has 0 radical (unpaired) electrons. The Hall–Kier alpha value is -2.10. The number of hydrogen-bond acceptors (Lipinski definition) is 4. The first-order valence-corrected chi connectivity index (χ1v) is 8.80. The van der Waals surface area contributed by atoms with Crippen molar-refractivity contribution >= 4 is 27.7 Å². The normalized spacial score (nSPS) is 16.0. The Kier molecular flexibility index (Phi) is 5.22. The number of aryl methyl sites for hydroxylation is 1. The highest BCUT2D eigenvalue weighted by molar-refractivity contribution is 9.10. The van der Waals surface area contributed by atoms with Crippen LogP contribution in [0.5, 0.6) is 0 Å². The Balaban J connectivity index is 1.59. The third-order valence-electron chi connectivity index (χ3n) is 4.25. The molecular formula is C16H17BrF3N5O. The summed E-state index contributed by atoms with van der Waals surface area (Å²) in [6, 6.07) is 1.05. The van der Waals surface area contributed by atoms with Crippen molar-refractivity contribution in [1.29, 1.82) is 0 Å². The molecule has 0 spiro atoms. The monoisotopic (exact) mass is 431 g/mol. The number of nitrogens with zero attached hydrogens (tertiary/aromatic N) is 4. The van der Waals surface area contributed by atoms with Crippen LogP contribution in [0.15, 0.2) is 29.1 Å². The number of carbonyl (C=O) groups is 1. The van der Waals surface area contributed by atoms with Crippen LogP contribution >= 0.6 is 15.9 Å². The van der Waals surface area contributed by atoms with Gasteiger partial charge in [-0.3, -0.25) is 9.48 Å². The number of hydrogen-bond donors (Lipinski definition) is 1. The molecule has 1 amide bonds. The van der Waals surface area contributed by atoms with Gasteiger partial charge in [-0.15, -0.1) is 0 Å². The number of anilines is 1. The summed E-state index contributed by atoms with van der Waals surface area (Å²) in [4.78, 5) is 18.0. The number of rotatable bonds is 3. The van der Waals surface area contributed by atoms with E-state index in [1.807, 2.05) is 4.90 Å². The molecule has 2 aromatic rings. The van der Waals surface area contributed by atoms with Crippen LogP contribution < -0.4 is 10.2 Å². The molecule has 1 aliphatic rings. The average molecular weight is 432 g/mol. The van der Waals surface area contributed by atoms with Crippen molar-refractivity contribution in [3.8, 4) is 0 Å². The van der Waals surface area contributed by atoms with Crippen molar-refractivity contribution in [2.45, 2.75) is 25.1 Å². The molecule has 3 heterocycles. The van der Waals surface area contributed by atoms with Gasteiger partial charge in [-0.2, -0.15) is 18.3 Å². The Morgan fingerprint density at radius 2 is 2.00 bits per heavy atom. The zero-order chi connectivity index (χ0) is 18.9. The molecule has 26 heavy (non-hydrogen) atoms. The van der Waals surface area contributed by atoms with E-state index >= 15 is 0 Å². The fourth-order valence-electron chi connectivity index (χ4n) is 2.86. The van der Waals surface area contributed by atoms with Crippen LogP contribution in [-0.4, -0.2) is 39.8 Å². The van der Waals surface area contributed by atoms with Gasteiger partial charge in [-0.05, 0) is 34.8 Å². The number of piperidine rings is 1. The Morgan fingerprint density at radius 3 is 2.54 bits per heavy atom. The van der Waals surface area contributed by atoms with Crippen LogP contribution in [0.1, 0.15) is 28.8 Å². The molecule has 0 bridgehead atoms. The number of nitrogens with one attached hydrogen (secondary N) is 1. The van der Waals surface area contributed by atoms with Gasteiger partial charge in [0.25, 0.3) is 5.91 Å². The fourth-order valence-corrected chi connectivity index (χ4v) is 3.46. The summed E-state index contributed by atoms with van der Waals surface area (Å²) in [6.45, 7) is 1.18. The van der Waals surface area contributed by atoms with Crippen molar-refractivity contribution in [3.63, 3.8) is 0 Å². The lowest BCUT2D eigenvalue weighted by Crippen LogP contribution is -2.45. The predicted octanol–water partition coefficient (Wildman–Crippen LogP) is 3.00. The first-order chi connectivity index (χ1) is 12.2. The van der Waals surface area contributed by atoms with Gasteiger partial charge in [-0.1, -0.05) is 0 Å². The molecule has 0 saturated carbocycles. The lowest BCUT2D eigenvalue weighted by atomic mass is 10.0. The third-order valence-corrected chi connectivity index (χ3v) is 4.83. The van der Waals surface area contributed by atoms with Gasteiger partial charge >= 0.3 is 6.18 Å². The summed E-state index contributed by atoms with van der Waals surface area (Å²) < 4.78 is 40.1. The third kappa shape index (κ3) is 4.17. The van der Waals surface area contributed by atoms with Gasteiger partial charge in [0.15, 0.2) is 0 Å². The number of amides is 1. The molecule has 0 atom stereocenters. The van der Waals surface area contributed by atoms with E-state index in [1.165, 1.54) is 6.20 Å². The number of carbonyl (C=O) groups excluding carboxylic acids is 1. The number of pyridine rings is 1. The molecule has 1 fully saturated rings. The second-order valence-electron chi connectivity index (χ2n) is 6.16. The van der Waals surface area contributed by atoms with Crippen molar-refractivity contribution < 1.29 is 18.0 Å². The van der Waals surface area contributed by atoms with Crippen LogP contribution in [0.4, 0.5) is 19.0 Å². The SMILES string of the molecule is Cn1cc(C(=O)NC2CCN(c3ncc(C(F)(F)F)cc3Br)CC2)cn1. The summed E-state index contributed by atoms with van der Waals surface area (Å²) in [7, 11) is 1.74. The molecule has 2 aromatic heterocycles. The van der Waals surface area contributed by atoms with Gasteiger partial charge < -0.3 is 10.2 Å². The number of halogens is 4. The summed E-state index contributed by atoms with van der Waals surface area (Å²) in [6.07, 6.45) is 0.942. The van der Waals surface area contributed by atoms with Crippen molar-refractivity contribution in [2.75, 3.05) is 18.0 Å². The highest BCUT2D eigenvalue weighted by atomic mass is 79.9. The van der Waals surface area contributed by atoms with E-state index in [1.54, 1.807) is 17.9 Å². The zero-order valence-electron chi connectivity index (χ0n) is 13.9. The molecule has 3 rings (SSSR count). The van der Waals surface area contributed by atoms with Crippen molar-refractivity contribution in [1.82, 2.24) is 20.1 Å². The van der Waals surface area contributed by atoms with Gasteiger partial charge in [0.05, 0.1) is 21.8 Å². The van der Waals surface area contributed by atoms with Crippen LogP contribution in [0.25, 0.3) is 0 Å². The van der Waals surface area contributed by atoms with Gasteiger partial charge in [0.1, 0.15) is 5.82 Å². The first-order valence-electron chi connectivity index (χ1n) is 8.01. The number of alkyl halides is 3. The molecule has 140 valence electrons. The minimum absolute atomic E-state index is 0.00665. The average Bonchev–Trinajstić information content (AvgIpc) is 3.01. The van der Waals surface area contributed by atoms with E-state index in [4.69, 9.17) is 0 Å². The summed E-state index contributed by atoms with van der Waals surface area (Å²) in [5.41, 5.74) is -0.283. The molecule has 0 unspecified atom stereocenters. The maximum absolute atomic E-state index is 12.7. The maximum atomic E-state index is 12.7. The molecule has 10 heteroatoms. The van der Waals surface area contributed by atoms with Crippen molar-refractivity contribution in [3.05, 3.63) is 40.3 Å². The van der Waals surface area contributed by atoms with E-state index in [0.29, 0.717) is 41.8 Å². The standard InChI is InChI=1S/C16H17BrF3N5O/c1-24-9-10(7-22-24)15(26)23-12-2-4-25(5-3-12)14-13(17)6-11(8-21-14)16(18,19)20/h6-9,12H,2-5H2,1H3,(H,23,26). The summed E-state index contributed by atoms with van der Waals surface area (Å²) >= 11 is 3.18. The van der Waals surface area contributed by atoms with Crippen LogP contribution in [0.3, 0.4) is 0 Å². The Labute approximate surface area is 156 Å². The van der Waals surface area contributed by atoms with Gasteiger partial charge in [0.2, 0.25) is 0 Å². The highest BCUT2D eigenvalue weighted by Gasteiger charge is 2.32. The minimum Gasteiger partial charge on any atom is -0.356 e. The topological polar surface area (TPSA) is 63.1 Å².